The number of ether oxygens (including phenoxy) is 1. The summed E-state index contributed by atoms with van der Waals surface area (Å²) in [4.78, 5) is 59.4. The van der Waals surface area contributed by atoms with E-state index in [0.717, 1.165) is 88.2 Å². The summed E-state index contributed by atoms with van der Waals surface area (Å²) in [6.45, 7) is 9.32. The fourth-order valence-electron chi connectivity index (χ4n) is 8.32. The van der Waals surface area contributed by atoms with Crippen LogP contribution in [0.4, 0.5) is 0 Å². The third kappa shape index (κ3) is 5.04. The first-order valence-corrected chi connectivity index (χ1v) is 18.7. The molecule has 2 heterocycles. The molecule has 7 rings (SSSR count). The van der Waals surface area contributed by atoms with E-state index in [1.54, 1.807) is 13.2 Å². The smallest absolute Gasteiger partial charge is 0.261 e. The molecule has 8 heteroatoms. The zero-order chi connectivity index (χ0) is 34.7. The standard InChI is InChI=1S/C41H43BrN2O5/c1-6-10-12-22(8-3)20-43-38(45)26-17-15-25-35-31(49-5)19-29-33-27(39(46)44(41(29)48)21-23(9-4)13-11-7-2)16-14-24(37(33)35)34-30(42)18-28(40(43)47)32(26)36(25)34/h14-19,22-23H,6-13,20-21H2,1-5H3. The Bertz CT molecular complexity index is 2190. The van der Waals surface area contributed by atoms with E-state index < -0.39 is 0 Å². The molecule has 0 saturated carbocycles. The predicted octanol–water partition coefficient (Wildman–Crippen LogP) is 10.1. The third-order valence-electron chi connectivity index (χ3n) is 11.1. The van der Waals surface area contributed by atoms with Crippen LogP contribution in [0.5, 0.6) is 5.75 Å². The number of halogens is 1. The van der Waals surface area contributed by atoms with Crippen LogP contribution < -0.4 is 4.74 Å². The van der Waals surface area contributed by atoms with E-state index in [4.69, 9.17) is 4.74 Å². The molecular weight excluding hydrogens is 680 g/mol. The number of benzene rings is 5. The highest BCUT2D eigenvalue weighted by atomic mass is 79.9. The molecule has 4 amide bonds. The average molecular weight is 724 g/mol. The van der Waals surface area contributed by atoms with Gasteiger partial charge in [0.1, 0.15) is 5.75 Å². The molecular formula is C41H43BrN2O5. The quantitative estimate of drug-likeness (QED) is 0.0686. The third-order valence-corrected chi connectivity index (χ3v) is 11.7. The van der Waals surface area contributed by atoms with Crippen LogP contribution in [0.2, 0.25) is 0 Å². The second-order valence-corrected chi connectivity index (χ2v) is 14.7. The van der Waals surface area contributed by atoms with Gasteiger partial charge in [0.25, 0.3) is 23.6 Å². The lowest BCUT2D eigenvalue weighted by molar-refractivity contribution is 0.0565. The Hall–Kier alpha value is -4.04. The molecule has 2 unspecified atom stereocenters. The van der Waals surface area contributed by atoms with Crippen LogP contribution in [-0.4, -0.2) is 53.6 Å². The fourth-order valence-corrected chi connectivity index (χ4v) is 8.96. The number of hydrogen-bond donors (Lipinski definition) is 0. The Labute approximate surface area is 295 Å². The van der Waals surface area contributed by atoms with Crippen molar-refractivity contribution in [2.75, 3.05) is 20.2 Å². The van der Waals surface area contributed by atoms with E-state index in [1.165, 1.54) is 9.80 Å². The Kier molecular flexibility index (Phi) is 8.89. The molecule has 0 aliphatic carbocycles. The van der Waals surface area contributed by atoms with E-state index in [0.29, 0.717) is 51.9 Å². The second kappa shape index (κ2) is 13.0. The van der Waals surface area contributed by atoms with Crippen LogP contribution in [0.1, 0.15) is 120 Å². The van der Waals surface area contributed by atoms with Crippen molar-refractivity contribution >= 4 is 82.6 Å². The molecule has 2 aliphatic rings. The summed E-state index contributed by atoms with van der Waals surface area (Å²) in [5, 5.41) is 6.08. The average Bonchev–Trinajstić information content (AvgIpc) is 3.11. The van der Waals surface area contributed by atoms with E-state index in [2.05, 4.69) is 43.6 Å². The molecule has 254 valence electrons. The van der Waals surface area contributed by atoms with E-state index in [-0.39, 0.29) is 35.5 Å². The van der Waals surface area contributed by atoms with Crippen LogP contribution in [0.15, 0.2) is 40.9 Å². The van der Waals surface area contributed by atoms with Crippen molar-refractivity contribution in [2.24, 2.45) is 11.8 Å². The zero-order valence-corrected chi connectivity index (χ0v) is 30.6. The summed E-state index contributed by atoms with van der Waals surface area (Å²) in [5.41, 5.74) is 1.96. The van der Waals surface area contributed by atoms with Gasteiger partial charge in [-0.3, -0.25) is 29.0 Å². The van der Waals surface area contributed by atoms with Gasteiger partial charge in [0.2, 0.25) is 0 Å². The number of fused-ring (bicyclic) bond motifs is 2. The van der Waals surface area contributed by atoms with Crippen molar-refractivity contribution in [3.05, 3.63) is 63.1 Å². The molecule has 49 heavy (non-hydrogen) atoms. The molecule has 0 spiro atoms. The first kappa shape index (κ1) is 33.5. The molecule has 7 nitrogen and oxygen atoms in total. The number of hydrogen-bond acceptors (Lipinski definition) is 5. The Balaban J connectivity index is 1.46. The van der Waals surface area contributed by atoms with Crippen molar-refractivity contribution in [3.8, 4) is 5.75 Å². The number of nitrogens with zero attached hydrogens (tertiary/aromatic N) is 2. The number of unbranched alkanes of at least 4 members (excludes halogenated alkanes) is 2. The molecule has 5 aromatic carbocycles. The van der Waals surface area contributed by atoms with Crippen molar-refractivity contribution in [2.45, 2.75) is 79.1 Å². The highest BCUT2D eigenvalue weighted by molar-refractivity contribution is 9.10. The van der Waals surface area contributed by atoms with Gasteiger partial charge in [0.15, 0.2) is 0 Å². The lowest BCUT2D eigenvalue weighted by Crippen LogP contribution is -2.43. The molecule has 2 atom stereocenters. The van der Waals surface area contributed by atoms with Crippen molar-refractivity contribution in [3.63, 3.8) is 0 Å². The summed E-state index contributed by atoms with van der Waals surface area (Å²) in [7, 11) is 1.59. The van der Waals surface area contributed by atoms with Crippen LogP contribution >= 0.6 is 15.9 Å². The minimum absolute atomic E-state index is 0.233. The molecule has 0 fully saturated rings. The minimum atomic E-state index is -0.301. The van der Waals surface area contributed by atoms with E-state index >= 15 is 0 Å². The van der Waals surface area contributed by atoms with Gasteiger partial charge in [-0.2, -0.15) is 0 Å². The SMILES string of the molecule is CCCCC(CC)CN1C(=O)c2ccc3c4c(OC)cc5c6c(ccc(c7c(Br)cc(c2c37)C1=O)c64)C(=O)N(CC(CC)CCCC)C5=O. The highest BCUT2D eigenvalue weighted by Gasteiger charge is 2.39. The van der Waals surface area contributed by atoms with Crippen molar-refractivity contribution in [1.29, 1.82) is 0 Å². The fraction of sp³-hybridized carbons (Fsp3) is 0.415. The number of rotatable bonds is 13. The first-order chi connectivity index (χ1) is 23.7. The summed E-state index contributed by atoms with van der Waals surface area (Å²) < 4.78 is 6.74. The summed E-state index contributed by atoms with van der Waals surface area (Å²) in [5.74, 6) is -0.127. The van der Waals surface area contributed by atoms with Gasteiger partial charge in [-0.15, -0.1) is 0 Å². The topological polar surface area (TPSA) is 84.0 Å². The monoisotopic (exact) mass is 722 g/mol. The number of methoxy groups -OCH3 is 1. The maximum absolute atomic E-state index is 14.2. The molecule has 5 aromatic rings. The summed E-state index contributed by atoms with van der Waals surface area (Å²) >= 11 is 3.83. The molecule has 0 radical (unpaired) electrons. The van der Waals surface area contributed by atoms with Gasteiger partial charge in [0, 0.05) is 66.6 Å². The summed E-state index contributed by atoms with van der Waals surface area (Å²) in [6.07, 6.45) is 7.97. The van der Waals surface area contributed by atoms with E-state index in [9.17, 15) is 19.2 Å². The van der Waals surface area contributed by atoms with Crippen LogP contribution in [0, 0.1) is 11.8 Å². The van der Waals surface area contributed by atoms with Gasteiger partial charge < -0.3 is 4.74 Å². The predicted molar refractivity (Wildman–Crippen MR) is 199 cm³/mol. The van der Waals surface area contributed by atoms with Crippen LogP contribution in [-0.2, 0) is 0 Å². The molecule has 0 bridgehead atoms. The number of amides is 4. The van der Waals surface area contributed by atoms with Crippen LogP contribution in [0.25, 0.3) is 43.1 Å². The Morgan fingerprint density at radius 2 is 1.04 bits per heavy atom. The van der Waals surface area contributed by atoms with Crippen molar-refractivity contribution in [1.82, 2.24) is 9.80 Å². The molecule has 0 aromatic heterocycles. The summed E-state index contributed by atoms with van der Waals surface area (Å²) in [6, 6.07) is 11.2. The lowest BCUT2D eigenvalue weighted by Gasteiger charge is -2.33. The maximum Gasteiger partial charge on any atom is 0.261 e. The molecule has 0 N–H and O–H groups in total. The van der Waals surface area contributed by atoms with Gasteiger partial charge in [-0.1, -0.05) is 94.3 Å². The number of carbonyl (C=O) groups is 4. The number of carbonyl (C=O) groups excluding carboxylic acids is 4. The first-order valence-electron chi connectivity index (χ1n) is 17.9. The van der Waals surface area contributed by atoms with E-state index in [1.807, 2.05) is 30.3 Å². The molecule has 0 saturated heterocycles. The van der Waals surface area contributed by atoms with Gasteiger partial charge in [-0.05, 0) is 59.7 Å². The second-order valence-electron chi connectivity index (χ2n) is 13.9. The largest absolute Gasteiger partial charge is 0.496 e. The van der Waals surface area contributed by atoms with Crippen LogP contribution in [0.3, 0.4) is 0 Å². The zero-order valence-electron chi connectivity index (χ0n) is 29.0. The van der Waals surface area contributed by atoms with Crippen molar-refractivity contribution < 1.29 is 23.9 Å². The molecule has 2 aliphatic heterocycles. The normalized spacial score (nSPS) is 15.9. The minimum Gasteiger partial charge on any atom is -0.496 e. The van der Waals surface area contributed by atoms with Gasteiger partial charge in [-0.25, -0.2) is 0 Å². The number of imide groups is 2. The Morgan fingerprint density at radius 1 is 0.592 bits per heavy atom. The Morgan fingerprint density at radius 3 is 1.51 bits per heavy atom. The maximum atomic E-state index is 14.2. The highest BCUT2D eigenvalue weighted by Crippen LogP contribution is 2.51. The lowest BCUT2D eigenvalue weighted by atomic mass is 9.81. The van der Waals surface area contributed by atoms with Gasteiger partial charge in [0.05, 0.1) is 12.7 Å². The van der Waals surface area contributed by atoms with Gasteiger partial charge >= 0.3 is 0 Å².